The summed E-state index contributed by atoms with van der Waals surface area (Å²) in [6.07, 6.45) is 75.7. The number of aliphatic hydroxyl groups is 1. The second-order valence-electron chi connectivity index (χ2n) is 23.8. The van der Waals surface area contributed by atoms with Gasteiger partial charge in [-0.05, 0) is 57.8 Å². The zero-order chi connectivity index (χ0) is 54.9. The summed E-state index contributed by atoms with van der Waals surface area (Å²) >= 11 is 0. The Balaban J connectivity index is 4.06. The largest absolute Gasteiger partial charge is 0.472 e. The molecule has 0 aliphatic rings. The number of nitrogens with zero attached hydrogens (tertiary/aromatic N) is 1. The van der Waals surface area contributed by atoms with Gasteiger partial charge in [0.25, 0.3) is 0 Å². The molecule has 75 heavy (non-hydrogen) atoms. The lowest BCUT2D eigenvalue weighted by Gasteiger charge is -2.25. The molecule has 0 saturated carbocycles. The van der Waals surface area contributed by atoms with Crippen LogP contribution in [0.15, 0.2) is 36.5 Å². The molecule has 0 aromatic carbocycles. The van der Waals surface area contributed by atoms with E-state index in [4.69, 9.17) is 9.05 Å². The SMILES string of the molecule is CCCCCCCCCCCCCC/C=C\CCCCCCCCCCCCCCCCCCCC(=O)NC(COP(=O)(O)OCC[N+](C)(C)C)C(O)/C=C/CC/C=C/CCCCCCCCCCCCCCCC. The lowest BCUT2D eigenvalue weighted by atomic mass is 10.0. The first-order valence-corrected chi connectivity index (χ1v) is 34.4. The number of phosphoric ester groups is 1. The van der Waals surface area contributed by atoms with Crippen LogP contribution in [0.1, 0.15) is 328 Å². The van der Waals surface area contributed by atoms with E-state index in [1.54, 1.807) is 6.08 Å². The van der Waals surface area contributed by atoms with Gasteiger partial charge in [0.2, 0.25) is 5.91 Å². The molecule has 8 nitrogen and oxygen atoms in total. The van der Waals surface area contributed by atoms with Gasteiger partial charge >= 0.3 is 7.82 Å². The Morgan fingerprint density at radius 1 is 0.440 bits per heavy atom. The topological polar surface area (TPSA) is 105 Å². The molecule has 1 amide bonds. The number of carbonyl (C=O) groups excluding carboxylic acids is 1. The molecule has 0 saturated heterocycles. The van der Waals surface area contributed by atoms with Crippen molar-refractivity contribution in [2.75, 3.05) is 40.9 Å². The molecule has 0 rings (SSSR count). The zero-order valence-corrected chi connectivity index (χ0v) is 51.7. The number of carbonyl (C=O) groups is 1. The monoisotopic (exact) mass is 1080 g/mol. The van der Waals surface area contributed by atoms with E-state index in [1.807, 2.05) is 27.2 Å². The van der Waals surface area contributed by atoms with E-state index in [-0.39, 0.29) is 19.1 Å². The summed E-state index contributed by atoms with van der Waals surface area (Å²) in [7, 11) is 1.57. The Morgan fingerprint density at radius 2 is 0.733 bits per heavy atom. The Morgan fingerprint density at radius 3 is 1.07 bits per heavy atom. The molecule has 0 heterocycles. The number of nitrogens with one attached hydrogen (secondary N) is 1. The maximum Gasteiger partial charge on any atom is 0.472 e. The van der Waals surface area contributed by atoms with Crippen LogP contribution in [0, 0.1) is 0 Å². The third-order valence-corrected chi connectivity index (χ3v) is 16.1. The molecular weight excluding hydrogens is 948 g/mol. The fourth-order valence-corrected chi connectivity index (χ4v) is 10.7. The van der Waals surface area contributed by atoms with Crippen molar-refractivity contribution in [3.63, 3.8) is 0 Å². The minimum absolute atomic E-state index is 0.0577. The summed E-state index contributed by atoms with van der Waals surface area (Å²) in [6, 6.07) is -0.863. The summed E-state index contributed by atoms with van der Waals surface area (Å²) in [5.74, 6) is -0.181. The molecule has 0 aliphatic carbocycles. The Kier molecular flexibility index (Phi) is 56.4. The molecule has 0 fully saturated rings. The highest BCUT2D eigenvalue weighted by molar-refractivity contribution is 7.47. The van der Waals surface area contributed by atoms with Crippen molar-refractivity contribution in [3.8, 4) is 0 Å². The number of hydrogen-bond acceptors (Lipinski definition) is 5. The van der Waals surface area contributed by atoms with E-state index in [9.17, 15) is 19.4 Å². The standard InChI is InChI=1S/C66H129N2O6P/c1-6-8-10-12-14-16-18-20-22-24-26-28-29-30-31-32-33-34-35-36-37-38-39-40-42-44-46-48-50-52-54-56-58-60-66(70)67-64(63-74-75(71,72)73-62-61-68(3,4)5)65(69)59-57-55-53-51-49-47-45-43-41-27-25-23-21-19-17-15-13-11-9-7-2/h30-31,49,51,57,59,64-65,69H,6-29,32-48,50,52-56,58,60-63H2,1-5H3,(H-,67,70,71,72)/p+1/b31-30-,51-49+,59-57+. The molecule has 9 heteroatoms. The maximum absolute atomic E-state index is 13.0. The van der Waals surface area contributed by atoms with Crippen LogP contribution in [0.5, 0.6) is 0 Å². The number of hydrogen-bond donors (Lipinski definition) is 3. The first-order chi connectivity index (χ1) is 36.5. The normalized spacial score (nSPS) is 14.0. The highest BCUT2D eigenvalue weighted by atomic mass is 31.2. The van der Waals surface area contributed by atoms with Crippen LogP contribution < -0.4 is 5.32 Å². The zero-order valence-electron chi connectivity index (χ0n) is 50.8. The summed E-state index contributed by atoms with van der Waals surface area (Å²) in [6.45, 7) is 4.84. The molecule has 3 N–H and O–H groups in total. The number of aliphatic hydroxyl groups excluding tert-OH is 1. The van der Waals surface area contributed by atoms with Crippen LogP contribution in [0.4, 0.5) is 0 Å². The van der Waals surface area contributed by atoms with Crippen LogP contribution >= 0.6 is 7.82 Å². The third kappa shape index (κ3) is 60.2. The van der Waals surface area contributed by atoms with E-state index in [0.717, 1.165) is 38.5 Å². The molecular formula is C66H130N2O6P+. The van der Waals surface area contributed by atoms with Gasteiger partial charge in [-0.2, -0.15) is 0 Å². The van der Waals surface area contributed by atoms with Crippen molar-refractivity contribution in [1.82, 2.24) is 5.32 Å². The quantitative estimate of drug-likeness (QED) is 0.0243. The molecule has 0 aromatic heterocycles. The average Bonchev–Trinajstić information content (AvgIpc) is 3.37. The highest BCUT2D eigenvalue weighted by Crippen LogP contribution is 2.43. The van der Waals surface area contributed by atoms with Gasteiger partial charge in [0.15, 0.2) is 0 Å². The minimum atomic E-state index is -4.36. The van der Waals surface area contributed by atoms with Crippen molar-refractivity contribution < 1.29 is 32.9 Å². The Labute approximate surface area is 467 Å². The number of allylic oxidation sites excluding steroid dienone is 5. The van der Waals surface area contributed by atoms with Crippen LogP contribution in [-0.2, 0) is 18.4 Å². The van der Waals surface area contributed by atoms with Crippen molar-refractivity contribution in [3.05, 3.63) is 36.5 Å². The van der Waals surface area contributed by atoms with Crippen molar-refractivity contribution in [1.29, 1.82) is 0 Å². The third-order valence-electron chi connectivity index (χ3n) is 15.1. The van der Waals surface area contributed by atoms with Gasteiger partial charge in [-0.3, -0.25) is 13.8 Å². The van der Waals surface area contributed by atoms with Gasteiger partial charge in [-0.1, -0.05) is 301 Å². The molecule has 0 aliphatic heterocycles. The molecule has 0 spiro atoms. The second kappa shape index (κ2) is 57.4. The predicted molar refractivity (Wildman–Crippen MR) is 328 cm³/mol. The molecule has 0 bridgehead atoms. The van der Waals surface area contributed by atoms with Gasteiger partial charge in [-0.15, -0.1) is 0 Å². The van der Waals surface area contributed by atoms with Crippen LogP contribution in [-0.4, -0.2) is 73.4 Å². The maximum atomic E-state index is 13.0. The Hall–Kier alpha value is -1.28. The lowest BCUT2D eigenvalue weighted by molar-refractivity contribution is -0.870. The number of phosphoric acid groups is 1. The van der Waals surface area contributed by atoms with Crippen LogP contribution in [0.2, 0.25) is 0 Å². The fourth-order valence-electron chi connectivity index (χ4n) is 9.94. The van der Waals surface area contributed by atoms with Gasteiger partial charge < -0.3 is 19.8 Å². The lowest BCUT2D eigenvalue weighted by Crippen LogP contribution is -2.45. The summed E-state index contributed by atoms with van der Waals surface area (Å²) < 4.78 is 23.7. The summed E-state index contributed by atoms with van der Waals surface area (Å²) in [5, 5.41) is 14.0. The van der Waals surface area contributed by atoms with Crippen molar-refractivity contribution in [2.45, 2.75) is 341 Å². The molecule has 3 atom stereocenters. The number of amides is 1. The second-order valence-corrected chi connectivity index (χ2v) is 25.3. The first-order valence-electron chi connectivity index (χ1n) is 32.9. The smallest absolute Gasteiger partial charge is 0.387 e. The highest BCUT2D eigenvalue weighted by Gasteiger charge is 2.28. The summed E-state index contributed by atoms with van der Waals surface area (Å²) in [5.41, 5.74) is 0. The van der Waals surface area contributed by atoms with Gasteiger partial charge in [0.05, 0.1) is 39.9 Å². The van der Waals surface area contributed by atoms with E-state index >= 15 is 0 Å². The predicted octanol–water partition coefficient (Wildman–Crippen LogP) is 20.5. The van der Waals surface area contributed by atoms with Gasteiger partial charge in [-0.25, -0.2) is 4.57 Å². The van der Waals surface area contributed by atoms with Crippen LogP contribution in [0.3, 0.4) is 0 Å². The number of likely N-dealkylation sites (N-methyl/N-ethyl adjacent to an activating group) is 1. The van der Waals surface area contributed by atoms with E-state index in [1.165, 1.54) is 270 Å². The average molecular weight is 1080 g/mol. The van der Waals surface area contributed by atoms with Crippen molar-refractivity contribution >= 4 is 13.7 Å². The van der Waals surface area contributed by atoms with E-state index in [0.29, 0.717) is 17.4 Å². The van der Waals surface area contributed by atoms with Gasteiger partial charge in [0.1, 0.15) is 13.2 Å². The number of rotatable bonds is 61. The Bertz CT molecular complexity index is 1320. The van der Waals surface area contributed by atoms with Crippen LogP contribution in [0.25, 0.3) is 0 Å². The van der Waals surface area contributed by atoms with Crippen molar-refractivity contribution in [2.24, 2.45) is 0 Å². The first kappa shape index (κ1) is 73.7. The molecule has 0 radical (unpaired) electrons. The number of quaternary nitrogens is 1. The number of unbranched alkanes of at least 4 members (excludes halogenated alkanes) is 44. The van der Waals surface area contributed by atoms with E-state index in [2.05, 4.69) is 43.5 Å². The minimum Gasteiger partial charge on any atom is -0.387 e. The molecule has 0 aromatic rings. The fraction of sp³-hybridized carbons (Fsp3) is 0.894. The summed E-state index contributed by atoms with van der Waals surface area (Å²) in [4.78, 5) is 23.4. The van der Waals surface area contributed by atoms with E-state index < -0.39 is 20.0 Å². The van der Waals surface area contributed by atoms with Gasteiger partial charge in [0, 0.05) is 6.42 Å². The molecule has 3 unspecified atom stereocenters. The molecule has 444 valence electrons.